The number of fused-ring (bicyclic) bond motifs is 1. The fourth-order valence-electron chi connectivity index (χ4n) is 1.53. The summed E-state index contributed by atoms with van der Waals surface area (Å²) in [7, 11) is 0. The van der Waals surface area contributed by atoms with E-state index in [4.69, 9.17) is 46.4 Å². The van der Waals surface area contributed by atoms with E-state index < -0.39 is 9.22 Å². The summed E-state index contributed by atoms with van der Waals surface area (Å²) >= 11 is 22.8. The first kappa shape index (κ1) is 12.8. The molecule has 1 aromatic heterocycles. The Morgan fingerprint density at radius 1 is 1.18 bits per heavy atom. The second-order valence-electron chi connectivity index (χ2n) is 3.32. The third kappa shape index (κ3) is 2.08. The molecule has 1 N–H and O–H groups in total. The second kappa shape index (κ2) is 4.25. The van der Waals surface area contributed by atoms with Crippen molar-refractivity contribution in [3.8, 4) is 0 Å². The molecule has 0 aliphatic heterocycles. The van der Waals surface area contributed by atoms with Crippen molar-refractivity contribution in [2.24, 2.45) is 0 Å². The molecule has 7 heteroatoms. The number of hydrogen-bond donors (Lipinski definition) is 1. The number of halogens is 4. The summed E-state index contributed by atoms with van der Waals surface area (Å²) in [5, 5.41) is 9.86. The van der Waals surface area contributed by atoms with Crippen LogP contribution in [0.4, 0.5) is 0 Å². The Balaban J connectivity index is 3.03. The molecule has 0 aliphatic rings. The maximum atomic E-state index is 11.9. The second-order valence-corrected chi connectivity index (χ2v) is 5.98. The van der Waals surface area contributed by atoms with Crippen LogP contribution >= 0.6 is 46.4 Å². The molecule has 0 radical (unpaired) electrons. The summed E-state index contributed by atoms with van der Waals surface area (Å²) in [6.07, 6.45) is 0. The molecule has 0 amide bonds. The normalized spacial score (nSPS) is 12.0. The predicted molar refractivity (Wildman–Crippen MR) is 69.6 cm³/mol. The lowest BCUT2D eigenvalue weighted by atomic mass is 10.2. The van der Waals surface area contributed by atoms with Gasteiger partial charge in [-0.15, -0.1) is 0 Å². The maximum Gasteiger partial charge on any atom is 0.235 e. The molecule has 0 spiro atoms. The molecule has 1 heterocycles. The zero-order chi connectivity index (χ0) is 12.8. The lowest BCUT2D eigenvalue weighted by Crippen LogP contribution is -2.20. The van der Waals surface area contributed by atoms with Crippen molar-refractivity contribution < 1.29 is 5.21 Å². The Morgan fingerprint density at radius 3 is 2.35 bits per heavy atom. The number of benzene rings is 1. The van der Waals surface area contributed by atoms with Crippen LogP contribution in [-0.2, 0) is 3.79 Å². The summed E-state index contributed by atoms with van der Waals surface area (Å²) in [5.74, 6) is 0. The highest BCUT2D eigenvalue weighted by molar-refractivity contribution is 6.67. The highest BCUT2D eigenvalue weighted by Crippen LogP contribution is 2.41. The van der Waals surface area contributed by atoms with Crippen molar-refractivity contribution >= 4 is 57.3 Å². The number of para-hydroxylation sites is 1. The minimum Gasteiger partial charge on any atom is -0.428 e. The maximum absolute atomic E-state index is 11.9. The van der Waals surface area contributed by atoms with Crippen LogP contribution in [0, 0.1) is 0 Å². The van der Waals surface area contributed by atoms with Gasteiger partial charge in [-0.2, -0.15) is 4.73 Å². The molecule has 0 unspecified atom stereocenters. The molecule has 2 aromatic rings. The molecule has 3 nitrogen and oxygen atoms in total. The average Bonchev–Trinajstić information content (AvgIpc) is 2.24. The van der Waals surface area contributed by atoms with Gasteiger partial charge >= 0.3 is 0 Å². The van der Waals surface area contributed by atoms with Crippen LogP contribution in [0.3, 0.4) is 0 Å². The molecule has 17 heavy (non-hydrogen) atoms. The number of alkyl halides is 3. The third-order valence-corrected chi connectivity index (χ3v) is 3.15. The zero-order valence-corrected chi connectivity index (χ0v) is 11.1. The van der Waals surface area contributed by atoms with Gasteiger partial charge in [0.1, 0.15) is 10.7 Å². The van der Waals surface area contributed by atoms with Gasteiger partial charge in [0.05, 0.1) is 10.9 Å². The SMILES string of the molecule is O=c1c(Cl)c(C(Cl)(Cl)Cl)n(O)c2ccccc12. The highest BCUT2D eigenvalue weighted by atomic mass is 35.6. The van der Waals surface area contributed by atoms with Crippen molar-refractivity contribution in [1.82, 2.24) is 4.73 Å². The topological polar surface area (TPSA) is 42.2 Å². The zero-order valence-electron chi connectivity index (χ0n) is 8.12. The lowest BCUT2D eigenvalue weighted by Gasteiger charge is -2.17. The minimum atomic E-state index is -1.99. The van der Waals surface area contributed by atoms with Crippen LogP contribution in [-0.4, -0.2) is 9.94 Å². The van der Waals surface area contributed by atoms with E-state index in [-0.39, 0.29) is 21.6 Å². The van der Waals surface area contributed by atoms with Gasteiger partial charge in [0.15, 0.2) is 0 Å². The quantitative estimate of drug-likeness (QED) is 0.595. The summed E-state index contributed by atoms with van der Waals surface area (Å²) in [4.78, 5) is 11.9. The molecule has 2 rings (SSSR count). The van der Waals surface area contributed by atoms with E-state index >= 15 is 0 Å². The highest BCUT2D eigenvalue weighted by Gasteiger charge is 2.32. The molecule has 0 saturated heterocycles. The molecule has 1 aromatic carbocycles. The Kier molecular flexibility index (Phi) is 3.21. The van der Waals surface area contributed by atoms with Crippen LogP contribution in [0.2, 0.25) is 5.02 Å². The molecular formula is C10H5Cl4NO2. The molecule has 90 valence electrons. The molecule has 0 atom stereocenters. The first-order valence-electron chi connectivity index (χ1n) is 4.43. The number of aromatic nitrogens is 1. The van der Waals surface area contributed by atoms with Gasteiger partial charge in [0.25, 0.3) is 0 Å². The summed E-state index contributed by atoms with van der Waals surface area (Å²) in [5.41, 5.74) is -0.537. The summed E-state index contributed by atoms with van der Waals surface area (Å²) < 4.78 is -1.37. The largest absolute Gasteiger partial charge is 0.428 e. The van der Waals surface area contributed by atoms with Crippen molar-refractivity contribution in [2.75, 3.05) is 0 Å². The van der Waals surface area contributed by atoms with Gasteiger partial charge < -0.3 is 5.21 Å². The third-order valence-electron chi connectivity index (χ3n) is 2.26. The molecule has 0 saturated carbocycles. The number of rotatable bonds is 0. The van der Waals surface area contributed by atoms with Crippen LogP contribution in [0.25, 0.3) is 10.9 Å². The van der Waals surface area contributed by atoms with E-state index in [9.17, 15) is 10.0 Å². The van der Waals surface area contributed by atoms with Crippen LogP contribution in [0.5, 0.6) is 0 Å². The number of nitrogens with zero attached hydrogens (tertiary/aromatic N) is 1. The first-order valence-corrected chi connectivity index (χ1v) is 5.95. The van der Waals surface area contributed by atoms with Crippen molar-refractivity contribution in [3.63, 3.8) is 0 Å². The van der Waals surface area contributed by atoms with Crippen LogP contribution in [0.1, 0.15) is 5.69 Å². The Hall–Kier alpha value is -0.610. The average molecular weight is 313 g/mol. The minimum absolute atomic E-state index is 0.225. The summed E-state index contributed by atoms with van der Waals surface area (Å²) in [6, 6.07) is 6.34. The fourth-order valence-corrected chi connectivity index (χ4v) is 2.53. The predicted octanol–water partition coefficient (Wildman–Crippen LogP) is 3.72. The van der Waals surface area contributed by atoms with E-state index in [1.165, 1.54) is 12.1 Å². The molecule has 0 aliphatic carbocycles. The van der Waals surface area contributed by atoms with Gasteiger partial charge in [-0.25, -0.2) is 0 Å². The van der Waals surface area contributed by atoms with Crippen LogP contribution in [0.15, 0.2) is 29.1 Å². The standard InChI is InChI=1S/C10H5Cl4NO2/c11-7-8(16)5-3-1-2-4-6(5)15(17)9(7)10(12,13)14/h1-4,17H. The summed E-state index contributed by atoms with van der Waals surface area (Å²) in [6.45, 7) is 0. The molecule has 0 fully saturated rings. The molecule has 0 bridgehead atoms. The lowest BCUT2D eigenvalue weighted by molar-refractivity contribution is 0.189. The first-order chi connectivity index (χ1) is 7.84. The van der Waals surface area contributed by atoms with Gasteiger partial charge in [-0.05, 0) is 12.1 Å². The monoisotopic (exact) mass is 311 g/mol. The Morgan fingerprint density at radius 2 is 1.76 bits per heavy atom. The van der Waals surface area contributed by atoms with Gasteiger partial charge in [-0.1, -0.05) is 58.5 Å². The van der Waals surface area contributed by atoms with E-state index in [0.29, 0.717) is 4.73 Å². The van der Waals surface area contributed by atoms with Gasteiger partial charge in [0.2, 0.25) is 9.22 Å². The van der Waals surface area contributed by atoms with Gasteiger partial charge in [0, 0.05) is 0 Å². The van der Waals surface area contributed by atoms with Crippen molar-refractivity contribution in [1.29, 1.82) is 0 Å². The number of hydrogen-bond acceptors (Lipinski definition) is 2. The number of pyridine rings is 1. The van der Waals surface area contributed by atoms with Crippen molar-refractivity contribution in [3.05, 3.63) is 45.2 Å². The van der Waals surface area contributed by atoms with E-state index in [0.717, 1.165) is 0 Å². The van der Waals surface area contributed by atoms with E-state index in [2.05, 4.69) is 0 Å². The van der Waals surface area contributed by atoms with Crippen molar-refractivity contribution in [2.45, 2.75) is 3.79 Å². The fraction of sp³-hybridized carbons (Fsp3) is 0.100. The van der Waals surface area contributed by atoms with E-state index in [1.807, 2.05) is 0 Å². The van der Waals surface area contributed by atoms with Gasteiger partial charge in [-0.3, -0.25) is 4.79 Å². The Bertz CT molecular complexity index is 645. The smallest absolute Gasteiger partial charge is 0.235 e. The van der Waals surface area contributed by atoms with Crippen LogP contribution < -0.4 is 5.43 Å². The Labute approximate surface area is 116 Å². The molecular weight excluding hydrogens is 308 g/mol. The van der Waals surface area contributed by atoms with E-state index in [1.54, 1.807) is 12.1 Å².